The van der Waals surface area contributed by atoms with E-state index in [9.17, 15) is 9.90 Å². The van der Waals surface area contributed by atoms with Gasteiger partial charge in [-0.2, -0.15) is 5.10 Å². The van der Waals surface area contributed by atoms with E-state index in [4.69, 9.17) is 0 Å². The lowest BCUT2D eigenvalue weighted by molar-refractivity contribution is 0.174. The summed E-state index contributed by atoms with van der Waals surface area (Å²) >= 11 is 0. The Bertz CT molecular complexity index is 694. The van der Waals surface area contributed by atoms with Crippen LogP contribution in [0.1, 0.15) is 35.5 Å². The molecule has 124 valence electrons. The van der Waals surface area contributed by atoms with Crippen LogP contribution >= 0.6 is 0 Å². The summed E-state index contributed by atoms with van der Waals surface area (Å²) in [6.45, 7) is 8.61. The number of aromatic nitrogens is 2. The first kappa shape index (κ1) is 17.0. The highest BCUT2D eigenvalue weighted by molar-refractivity contribution is 5.90. The maximum absolute atomic E-state index is 12.1. The second-order valence-corrected chi connectivity index (χ2v) is 5.57. The highest BCUT2D eigenvalue weighted by atomic mass is 16.3. The first-order chi connectivity index (χ1) is 10.9. The Morgan fingerprint density at radius 3 is 2.61 bits per heavy atom. The number of aryl methyl sites for hydroxylation is 3. The van der Waals surface area contributed by atoms with E-state index in [1.807, 2.05) is 56.6 Å². The normalized spacial score (nSPS) is 12.0. The van der Waals surface area contributed by atoms with E-state index in [1.165, 1.54) is 0 Å². The number of urea groups is 1. The van der Waals surface area contributed by atoms with Crippen molar-refractivity contribution < 1.29 is 9.90 Å². The van der Waals surface area contributed by atoms with Crippen LogP contribution in [0.15, 0.2) is 24.3 Å². The molecule has 0 aliphatic carbocycles. The van der Waals surface area contributed by atoms with Crippen molar-refractivity contribution in [3.63, 3.8) is 0 Å². The minimum Gasteiger partial charge on any atom is -0.387 e. The molecule has 0 radical (unpaired) electrons. The van der Waals surface area contributed by atoms with Gasteiger partial charge in [-0.05, 0) is 38.8 Å². The van der Waals surface area contributed by atoms with Crippen LogP contribution in [0.2, 0.25) is 0 Å². The average molecular weight is 316 g/mol. The average Bonchev–Trinajstić information content (AvgIpc) is 2.80. The predicted octanol–water partition coefficient (Wildman–Crippen LogP) is 2.68. The molecule has 3 N–H and O–H groups in total. The summed E-state index contributed by atoms with van der Waals surface area (Å²) in [4.78, 5) is 12.1. The minimum absolute atomic E-state index is 0.150. The van der Waals surface area contributed by atoms with Crippen LogP contribution in [0.25, 0.3) is 0 Å². The number of hydrogen-bond donors (Lipinski definition) is 3. The molecule has 1 atom stereocenters. The largest absolute Gasteiger partial charge is 0.387 e. The van der Waals surface area contributed by atoms with Crippen LogP contribution in [0.5, 0.6) is 0 Å². The SMILES string of the molecule is CCn1nc(C)c(NC(=O)NCC(O)c2ccccc2C)c1C. The van der Waals surface area contributed by atoms with E-state index >= 15 is 0 Å². The predicted molar refractivity (Wildman–Crippen MR) is 90.5 cm³/mol. The summed E-state index contributed by atoms with van der Waals surface area (Å²) in [5.41, 5.74) is 4.23. The smallest absolute Gasteiger partial charge is 0.319 e. The maximum atomic E-state index is 12.1. The van der Waals surface area contributed by atoms with Crippen molar-refractivity contribution in [3.8, 4) is 0 Å². The van der Waals surface area contributed by atoms with Gasteiger partial charge in [-0.25, -0.2) is 4.79 Å². The van der Waals surface area contributed by atoms with Crippen molar-refractivity contribution in [2.24, 2.45) is 0 Å². The molecule has 0 aliphatic rings. The molecule has 1 aromatic heterocycles. The Morgan fingerprint density at radius 2 is 2.00 bits per heavy atom. The third-order valence-electron chi connectivity index (χ3n) is 3.92. The van der Waals surface area contributed by atoms with Gasteiger partial charge in [0.05, 0.1) is 23.2 Å². The van der Waals surface area contributed by atoms with Gasteiger partial charge in [-0.3, -0.25) is 4.68 Å². The summed E-state index contributed by atoms with van der Waals surface area (Å²) in [7, 11) is 0. The van der Waals surface area contributed by atoms with Gasteiger partial charge in [0.1, 0.15) is 0 Å². The Kier molecular flexibility index (Phi) is 5.39. The van der Waals surface area contributed by atoms with E-state index in [0.717, 1.165) is 34.7 Å². The fraction of sp³-hybridized carbons (Fsp3) is 0.412. The first-order valence-electron chi connectivity index (χ1n) is 7.76. The van der Waals surface area contributed by atoms with E-state index in [-0.39, 0.29) is 12.6 Å². The van der Waals surface area contributed by atoms with Gasteiger partial charge in [-0.15, -0.1) is 0 Å². The van der Waals surface area contributed by atoms with Gasteiger partial charge in [0.2, 0.25) is 0 Å². The maximum Gasteiger partial charge on any atom is 0.319 e. The second-order valence-electron chi connectivity index (χ2n) is 5.57. The van der Waals surface area contributed by atoms with Crippen LogP contribution in [-0.2, 0) is 6.54 Å². The van der Waals surface area contributed by atoms with E-state index in [1.54, 1.807) is 0 Å². The van der Waals surface area contributed by atoms with Crippen LogP contribution in [0, 0.1) is 20.8 Å². The van der Waals surface area contributed by atoms with E-state index in [2.05, 4.69) is 15.7 Å². The zero-order valence-corrected chi connectivity index (χ0v) is 14.1. The number of carbonyl (C=O) groups is 1. The van der Waals surface area contributed by atoms with Crippen molar-refractivity contribution in [1.29, 1.82) is 0 Å². The molecule has 23 heavy (non-hydrogen) atoms. The Morgan fingerprint density at radius 1 is 1.30 bits per heavy atom. The zero-order valence-electron chi connectivity index (χ0n) is 14.1. The Hall–Kier alpha value is -2.34. The van der Waals surface area contributed by atoms with Crippen molar-refractivity contribution in [2.75, 3.05) is 11.9 Å². The molecular weight excluding hydrogens is 292 g/mol. The Balaban J connectivity index is 1.96. The summed E-state index contributed by atoms with van der Waals surface area (Å²) in [6.07, 6.45) is -0.734. The van der Waals surface area contributed by atoms with Crippen LogP contribution < -0.4 is 10.6 Å². The number of anilines is 1. The first-order valence-corrected chi connectivity index (χ1v) is 7.76. The molecule has 0 aliphatic heterocycles. The lowest BCUT2D eigenvalue weighted by atomic mass is 10.0. The molecule has 0 saturated carbocycles. The number of amides is 2. The van der Waals surface area contributed by atoms with Gasteiger partial charge in [0, 0.05) is 13.1 Å². The highest BCUT2D eigenvalue weighted by Gasteiger charge is 2.15. The van der Waals surface area contributed by atoms with Crippen molar-refractivity contribution in [3.05, 3.63) is 46.8 Å². The lowest BCUT2D eigenvalue weighted by Crippen LogP contribution is -2.32. The molecule has 1 unspecified atom stereocenters. The monoisotopic (exact) mass is 316 g/mol. The number of aliphatic hydroxyl groups is 1. The molecule has 0 spiro atoms. The molecule has 2 rings (SSSR count). The molecule has 6 nitrogen and oxygen atoms in total. The number of hydrogen-bond acceptors (Lipinski definition) is 3. The highest BCUT2D eigenvalue weighted by Crippen LogP contribution is 2.19. The molecule has 2 aromatic rings. The summed E-state index contributed by atoms with van der Waals surface area (Å²) in [6, 6.07) is 7.24. The molecule has 0 saturated heterocycles. The van der Waals surface area contributed by atoms with Crippen LogP contribution in [-0.4, -0.2) is 27.5 Å². The van der Waals surface area contributed by atoms with E-state index in [0.29, 0.717) is 0 Å². The topological polar surface area (TPSA) is 79.2 Å². The third-order valence-corrected chi connectivity index (χ3v) is 3.92. The molecule has 1 aromatic carbocycles. The van der Waals surface area contributed by atoms with Crippen molar-refractivity contribution in [1.82, 2.24) is 15.1 Å². The van der Waals surface area contributed by atoms with E-state index < -0.39 is 6.10 Å². The summed E-state index contributed by atoms with van der Waals surface area (Å²) in [5, 5.41) is 20.1. The van der Waals surface area contributed by atoms with Crippen molar-refractivity contribution >= 4 is 11.7 Å². The summed E-state index contributed by atoms with van der Waals surface area (Å²) in [5.74, 6) is 0. The third kappa shape index (κ3) is 3.90. The fourth-order valence-electron chi connectivity index (χ4n) is 2.60. The van der Waals surface area contributed by atoms with Crippen LogP contribution in [0.4, 0.5) is 10.5 Å². The number of nitrogens with one attached hydrogen (secondary N) is 2. The van der Waals surface area contributed by atoms with Gasteiger partial charge in [0.15, 0.2) is 0 Å². The molecular formula is C17H24N4O2. The number of carbonyl (C=O) groups excluding carboxylic acids is 1. The number of benzene rings is 1. The quantitative estimate of drug-likeness (QED) is 0.793. The molecule has 0 bridgehead atoms. The van der Waals surface area contributed by atoms with Crippen molar-refractivity contribution in [2.45, 2.75) is 40.3 Å². The summed E-state index contributed by atoms with van der Waals surface area (Å²) < 4.78 is 1.84. The fourth-order valence-corrected chi connectivity index (χ4v) is 2.60. The number of rotatable bonds is 5. The van der Waals surface area contributed by atoms with Gasteiger partial charge < -0.3 is 15.7 Å². The second kappa shape index (κ2) is 7.28. The zero-order chi connectivity index (χ0) is 17.0. The van der Waals surface area contributed by atoms with Gasteiger partial charge in [-0.1, -0.05) is 24.3 Å². The molecule has 2 amide bonds. The minimum atomic E-state index is -0.734. The number of aliphatic hydroxyl groups excluding tert-OH is 1. The molecule has 6 heteroatoms. The van der Waals surface area contributed by atoms with Crippen LogP contribution in [0.3, 0.4) is 0 Å². The standard InChI is InChI=1S/C17H24N4O2/c1-5-21-13(4)16(12(3)20-21)19-17(23)18-10-15(22)14-9-7-6-8-11(14)2/h6-9,15,22H,5,10H2,1-4H3,(H2,18,19,23). The lowest BCUT2D eigenvalue weighted by Gasteiger charge is -2.15. The Labute approximate surface area is 136 Å². The molecule has 1 heterocycles. The number of nitrogens with zero attached hydrogens (tertiary/aromatic N) is 2. The molecule has 0 fully saturated rings. The van der Waals surface area contributed by atoms with Gasteiger partial charge in [0.25, 0.3) is 0 Å². The van der Waals surface area contributed by atoms with Gasteiger partial charge >= 0.3 is 6.03 Å².